The first kappa shape index (κ1) is 17.0. The molecule has 0 bridgehead atoms. The second-order valence-electron chi connectivity index (χ2n) is 3.59. The van der Waals surface area contributed by atoms with Crippen molar-refractivity contribution >= 4 is 49.3 Å². The second kappa shape index (κ2) is 6.57. The zero-order valence-corrected chi connectivity index (χ0v) is 13.1. The van der Waals surface area contributed by atoms with Gasteiger partial charge in [-0.2, -0.15) is 0 Å². The van der Waals surface area contributed by atoms with Crippen molar-refractivity contribution in [2.75, 3.05) is 18.8 Å². The van der Waals surface area contributed by atoms with Gasteiger partial charge in [-0.15, -0.1) is 0 Å². The Balaban J connectivity index is 2.96. The third kappa shape index (κ3) is 3.95. The van der Waals surface area contributed by atoms with E-state index in [0.29, 0.717) is 0 Å². The van der Waals surface area contributed by atoms with E-state index in [9.17, 15) is 17.6 Å². The van der Waals surface area contributed by atoms with Gasteiger partial charge in [0.05, 0.1) is 15.2 Å². The van der Waals surface area contributed by atoms with Crippen LogP contribution in [0.1, 0.15) is 0 Å². The van der Waals surface area contributed by atoms with E-state index in [-0.39, 0.29) is 22.6 Å². The molecule has 0 spiro atoms. The van der Waals surface area contributed by atoms with Crippen molar-refractivity contribution in [3.8, 4) is 0 Å². The molecule has 0 radical (unpaired) electrons. The maximum absolute atomic E-state index is 13.9. The Bertz CT molecular complexity index is 641. The van der Waals surface area contributed by atoms with Gasteiger partial charge in [0.1, 0.15) is 4.90 Å². The SMILES string of the molecule is NC(=O)NCCNS(=O)(=O)c1cc(Cl)c(Br)c(N)c1F. The number of benzene rings is 1. The molecule has 11 heteroatoms. The Morgan fingerprint density at radius 1 is 1.45 bits per heavy atom. The van der Waals surface area contributed by atoms with Crippen LogP contribution in [0, 0.1) is 5.82 Å². The maximum Gasteiger partial charge on any atom is 0.312 e. The van der Waals surface area contributed by atoms with E-state index in [1.54, 1.807) is 0 Å². The molecule has 2 amide bonds. The van der Waals surface area contributed by atoms with Crippen molar-refractivity contribution in [1.29, 1.82) is 0 Å². The molecule has 7 nitrogen and oxygen atoms in total. The number of carbonyl (C=O) groups excluding carboxylic acids is 1. The minimum atomic E-state index is -4.15. The fourth-order valence-electron chi connectivity index (χ4n) is 1.24. The van der Waals surface area contributed by atoms with Crippen LogP contribution in [0.4, 0.5) is 14.9 Å². The van der Waals surface area contributed by atoms with Gasteiger partial charge in [0.15, 0.2) is 5.82 Å². The number of amides is 2. The molecule has 1 rings (SSSR count). The summed E-state index contributed by atoms with van der Waals surface area (Å²) >= 11 is 8.68. The van der Waals surface area contributed by atoms with Crippen molar-refractivity contribution in [3.63, 3.8) is 0 Å². The molecule has 0 unspecified atom stereocenters. The molecular formula is C9H11BrClFN4O3S. The number of nitrogen functional groups attached to an aromatic ring is 1. The average Bonchev–Trinajstić information content (AvgIpc) is 2.36. The van der Waals surface area contributed by atoms with E-state index < -0.39 is 32.5 Å². The van der Waals surface area contributed by atoms with Gasteiger partial charge in [0, 0.05) is 13.1 Å². The largest absolute Gasteiger partial charge is 0.395 e. The molecule has 112 valence electrons. The fraction of sp³-hybridized carbons (Fsp3) is 0.222. The lowest BCUT2D eigenvalue weighted by Gasteiger charge is -2.11. The van der Waals surface area contributed by atoms with E-state index in [1.807, 2.05) is 0 Å². The van der Waals surface area contributed by atoms with Gasteiger partial charge in [-0.1, -0.05) is 11.6 Å². The summed E-state index contributed by atoms with van der Waals surface area (Å²) in [6, 6.07) is 0.132. The Labute approximate surface area is 128 Å². The predicted molar refractivity (Wildman–Crippen MR) is 76.3 cm³/mol. The number of urea groups is 1. The van der Waals surface area contributed by atoms with Crippen LogP contribution < -0.4 is 21.5 Å². The Morgan fingerprint density at radius 2 is 2.05 bits per heavy atom. The summed E-state index contributed by atoms with van der Waals surface area (Å²) in [4.78, 5) is 9.73. The van der Waals surface area contributed by atoms with Crippen LogP contribution in [0.15, 0.2) is 15.4 Å². The monoisotopic (exact) mass is 388 g/mol. The molecule has 0 atom stereocenters. The van der Waals surface area contributed by atoms with Crippen LogP contribution in [0.5, 0.6) is 0 Å². The zero-order chi connectivity index (χ0) is 15.5. The second-order valence-corrected chi connectivity index (χ2v) is 6.52. The van der Waals surface area contributed by atoms with E-state index in [2.05, 4.69) is 26.0 Å². The smallest absolute Gasteiger partial charge is 0.312 e. The molecule has 0 saturated heterocycles. The standard InChI is InChI=1S/C9H11BrClFN4O3S/c10-6-4(11)3-5(7(12)8(6)13)20(18,19)16-2-1-15-9(14)17/h3,16H,1-2,13H2,(H3,14,15,17). The van der Waals surface area contributed by atoms with Gasteiger partial charge in [-0.05, 0) is 22.0 Å². The van der Waals surface area contributed by atoms with Crippen LogP contribution in [0.2, 0.25) is 5.02 Å². The van der Waals surface area contributed by atoms with Crippen molar-refractivity contribution in [2.24, 2.45) is 5.73 Å². The Hall–Kier alpha value is -1.10. The first-order valence-corrected chi connectivity index (χ1v) is 7.78. The molecule has 0 aliphatic heterocycles. The van der Waals surface area contributed by atoms with E-state index in [4.69, 9.17) is 23.1 Å². The van der Waals surface area contributed by atoms with Crippen LogP contribution in [-0.4, -0.2) is 27.5 Å². The van der Waals surface area contributed by atoms with Crippen LogP contribution in [0.3, 0.4) is 0 Å². The molecule has 6 N–H and O–H groups in total. The lowest BCUT2D eigenvalue weighted by molar-refractivity contribution is 0.249. The highest BCUT2D eigenvalue weighted by Crippen LogP contribution is 2.34. The quantitative estimate of drug-likeness (QED) is 0.337. The number of rotatable bonds is 5. The summed E-state index contributed by atoms with van der Waals surface area (Å²) < 4.78 is 39.8. The number of anilines is 1. The molecule has 0 saturated carbocycles. The van der Waals surface area contributed by atoms with Gasteiger partial charge < -0.3 is 16.8 Å². The summed E-state index contributed by atoms with van der Waals surface area (Å²) in [5.74, 6) is -1.11. The highest BCUT2D eigenvalue weighted by molar-refractivity contribution is 9.10. The topological polar surface area (TPSA) is 127 Å². The number of primary amides is 1. The molecule has 0 aliphatic carbocycles. The molecule has 1 aromatic rings. The number of nitrogens with one attached hydrogen (secondary N) is 2. The Kier molecular flexibility index (Phi) is 5.57. The molecule has 0 fully saturated rings. The third-order valence-electron chi connectivity index (χ3n) is 2.16. The van der Waals surface area contributed by atoms with Crippen molar-refractivity contribution in [2.45, 2.75) is 4.90 Å². The van der Waals surface area contributed by atoms with Gasteiger partial charge in [0.2, 0.25) is 10.0 Å². The summed E-state index contributed by atoms with van der Waals surface area (Å²) in [6.45, 7) is -0.214. The van der Waals surface area contributed by atoms with Crippen LogP contribution in [0.25, 0.3) is 0 Å². The van der Waals surface area contributed by atoms with Crippen LogP contribution in [-0.2, 0) is 10.0 Å². The molecule has 0 aromatic heterocycles. The van der Waals surface area contributed by atoms with E-state index in [0.717, 1.165) is 6.07 Å². The predicted octanol–water partition coefficient (Wildman–Crippen LogP) is 0.770. The number of sulfonamides is 1. The first-order valence-electron chi connectivity index (χ1n) is 5.12. The molecule has 1 aromatic carbocycles. The normalized spacial score (nSPS) is 11.3. The maximum atomic E-state index is 13.9. The zero-order valence-electron chi connectivity index (χ0n) is 9.91. The van der Waals surface area contributed by atoms with Crippen molar-refractivity contribution in [1.82, 2.24) is 10.0 Å². The van der Waals surface area contributed by atoms with Gasteiger partial charge >= 0.3 is 6.03 Å². The van der Waals surface area contributed by atoms with Gasteiger partial charge in [-0.25, -0.2) is 22.3 Å². The summed E-state index contributed by atoms with van der Waals surface area (Å²) in [5.41, 5.74) is 9.80. The minimum Gasteiger partial charge on any atom is -0.395 e. The molecule has 0 aliphatic rings. The van der Waals surface area contributed by atoms with E-state index >= 15 is 0 Å². The Morgan fingerprint density at radius 3 is 2.60 bits per heavy atom. The third-order valence-corrected chi connectivity index (χ3v) is 5.00. The summed E-state index contributed by atoms with van der Waals surface area (Å²) in [5, 5.41) is 2.13. The average molecular weight is 390 g/mol. The van der Waals surface area contributed by atoms with E-state index in [1.165, 1.54) is 0 Å². The summed E-state index contributed by atoms with van der Waals surface area (Å²) in [6.07, 6.45) is 0. The number of hydrogen-bond donors (Lipinski definition) is 4. The molecule has 0 heterocycles. The first-order chi connectivity index (χ1) is 9.16. The number of carbonyl (C=O) groups is 1. The molecular weight excluding hydrogens is 379 g/mol. The highest BCUT2D eigenvalue weighted by Gasteiger charge is 2.23. The van der Waals surface area contributed by atoms with Crippen LogP contribution >= 0.6 is 27.5 Å². The minimum absolute atomic E-state index is 0.0421. The number of halogens is 3. The van der Waals surface area contributed by atoms with Gasteiger partial charge in [-0.3, -0.25) is 0 Å². The molecule has 20 heavy (non-hydrogen) atoms. The summed E-state index contributed by atoms with van der Waals surface area (Å²) in [7, 11) is -4.15. The fourth-order valence-corrected chi connectivity index (χ4v) is 2.95. The van der Waals surface area contributed by atoms with Crippen molar-refractivity contribution < 1.29 is 17.6 Å². The number of hydrogen-bond acceptors (Lipinski definition) is 4. The van der Waals surface area contributed by atoms with Crippen molar-refractivity contribution in [3.05, 3.63) is 21.4 Å². The van der Waals surface area contributed by atoms with Gasteiger partial charge in [0.25, 0.3) is 0 Å². The number of nitrogens with two attached hydrogens (primary N) is 2. The lowest BCUT2D eigenvalue weighted by Crippen LogP contribution is -2.37. The lowest BCUT2D eigenvalue weighted by atomic mass is 10.3. The highest BCUT2D eigenvalue weighted by atomic mass is 79.9.